The molecule has 100 valence electrons. The Morgan fingerprint density at radius 3 is 1.95 bits per heavy atom. The highest BCUT2D eigenvalue weighted by Gasteiger charge is 2.03. The van der Waals surface area contributed by atoms with E-state index in [0.29, 0.717) is 36.1 Å². The van der Waals surface area contributed by atoms with E-state index >= 15 is 0 Å². The van der Waals surface area contributed by atoms with Crippen molar-refractivity contribution >= 4 is 5.69 Å². The van der Waals surface area contributed by atoms with Gasteiger partial charge in [0.2, 0.25) is 0 Å². The van der Waals surface area contributed by atoms with E-state index in [1.165, 1.54) is 0 Å². The van der Waals surface area contributed by atoms with Crippen LogP contribution in [0.1, 0.15) is 0 Å². The third kappa shape index (κ3) is 3.55. The van der Waals surface area contributed by atoms with E-state index in [1.54, 1.807) is 13.2 Å². The molecule has 0 fully saturated rings. The summed E-state index contributed by atoms with van der Waals surface area (Å²) in [5, 5.41) is 0. The van der Waals surface area contributed by atoms with E-state index in [9.17, 15) is 0 Å². The summed E-state index contributed by atoms with van der Waals surface area (Å²) in [4.78, 5) is 0. The minimum absolute atomic E-state index is 0.423. The minimum atomic E-state index is 0.423. The fraction of sp³-hybridized carbons (Fsp3) is 0.200. The van der Waals surface area contributed by atoms with Gasteiger partial charge in [-0.05, 0) is 24.3 Å². The van der Waals surface area contributed by atoms with E-state index in [4.69, 9.17) is 19.9 Å². The van der Waals surface area contributed by atoms with Crippen LogP contribution in [0.4, 0.5) is 5.69 Å². The van der Waals surface area contributed by atoms with Crippen molar-refractivity contribution in [3.8, 4) is 17.2 Å². The summed E-state index contributed by atoms with van der Waals surface area (Å²) in [5.74, 6) is 2.09. The van der Waals surface area contributed by atoms with Gasteiger partial charge in [-0.3, -0.25) is 0 Å². The summed E-state index contributed by atoms with van der Waals surface area (Å²) in [6.45, 7) is 0.848. The lowest BCUT2D eigenvalue weighted by Gasteiger charge is -2.11. The molecule has 0 atom stereocenters. The third-order valence-corrected chi connectivity index (χ3v) is 2.59. The van der Waals surface area contributed by atoms with E-state index in [2.05, 4.69) is 0 Å². The predicted molar refractivity (Wildman–Crippen MR) is 74.8 cm³/mol. The van der Waals surface area contributed by atoms with Crippen LogP contribution in [-0.4, -0.2) is 20.3 Å². The van der Waals surface area contributed by atoms with Gasteiger partial charge in [0.15, 0.2) is 11.5 Å². The zero-order chi connectivity index (χ0) is 13.5. The standard InChI is InChI=1S/C15H17NO3/c1-17-14-8-4-5-9-15(14)19-11-10-18-13-7-3-2-6-12(13)16/h2-9H,10-11,16H2,1H3. The van der Waals surface area contributed by atoms with Gasteiger partial charge in [-0.2, -0.15) is 0 Å². The van der Waals surface area contributed by atoms with Crippen LogP contribution in [0.3, 0.4) is 0 Å². The van der Waals surface area contributed by atoms with Gasteiger partial charge in [0.05, 0.1) is 12.8 Å². The molecule has 19 heavy (non-hydrogen) atoms. The van der Waals surface area contributed by atoms with Gasteiger partial charge in [0.25, 0.3) is 0 Å². The van der Waals surface area contributed by atoms with Crippen LogP contribution in [0.15, 0.2) is 48.5 Å². The molecule has 0 amide bonds. The Labute approximate surface area is 112 Å². The van der Waals surface area contributed by atoms with Crippen LogP contribution < -0.4 is 19.9 Å². The molecule has 0 aliphatic heterocycles. The monoisotopic (exact) mass is 259 g/mol. The molecule has 0 bridgehead atoms. The summed E-state index contributed by atoms with van der Waals surface area (Å²) in [5.41, 5.74) is 6.40. The highest BCUT2D eigenvalue weighted by Crippen LogP contribution is 2.25. The lowest BCUT2D eigenvalue weighted by Crippen LogP contribution is -2.10. The maximum Gasteiger partial charge on any atom is 0.161 e. The summed E-state index contributed by atoms with van der Waals surface area (Å²) >= 11 is 0. The average molecular weight is 259 g/mol. The molecule has 0 saturated carbocycles. The molecule has 2 N–H and O–H groups in total. The van der Waals surface area contributed by atoms with Crippen LogP contribution in [0.25, 0.3) is 0 Å². The molecule has 0 aromatic heterocycles. The first-order valence-electron chi connectivity index (χ1n) is 6.04. The number of benzene rings is 2. The Hall–Kier alpha value is -2.36. The molecule has 0 heterocycles. The zero-order valence-electron chi connectivity index (χ0n) is 10.8. The van der Waals surface area contributed by atoms with Gasteiger partial charge in [-0.1, -0.05) is 24.3 Å². The van der Waals surface area contributed by atoms with Gasteiger partial charge in [-0.25, -0.2) is 0 Å². The molecule has 0 unspecified atom stereocenters. The van der Waals surface area contributed by atoms with Crippen molar-refractivity contribution in [2.75, 3.05) is 26.1 Å². The molecule has 0 radical (unpaired) electrons. The van der Waals surface area contributed by atoms with E-state index in [-0.39, 0.29) is 0 Å². The fourth-order valence-electron chi connectivity index (χ4n) is 1.65. The summed E-state index contributed by atoms with van der Waals surface area (Å²) in [6.07, 6.45) is 0. The summed E-state index contributed by atoms with van der Waals surface area (Å²) in [6, 6.07) is 14.9. The molecular weight excluding hydrogens is 242 g/mol. The second kappa shape index (κ2) is 6.54. The quantitative estimate of drug-likeness (QED) is 0.640. The topological polar surface area (TPSA) is 53.7 Å². The molecule has 0 aliphatic rings. The number of para-hydroxylation sites is 4. The Kier molecular flexibility index (Phi) is 4.50. The Morgan fingerprint density at radius 1 is 0.789 bits per heavy atom. The molecule has 0 spiro atoms. The Balaban J connectivity index is 1.83. The number of hydrogen-bond acceptors (Lipinski definition) is 4. The number of ether oxygens (including phenoxy) is 3. The van der Waals surface area contributed by atoms with Gasteiger partial charge in [-0.15, -0.1) is 0 Å². The van der Waals surface area contributed by atoms with Crippen molar-refractivity contribution in [3.05, 3.63) is 48.5 Å². The lowest BCUT2D eigenvalue weighted by atomic mass is 10.3. The molecule has 4 nitrogen and oxygen atoms in total. The second-order valence-corrected chi connectivity index (χ2v) is 3.89. The predicted octanol–water partition coefficient (Wildman–Crippen LogP) is 2.74. The van der Waals surface area contributed by atoms with E-state index < -0.39 is 0 Å². The van der Waals surface area contributed by atoms with Gasteiger partial charge >= 0.3 is 0 Å². The van der Waals surface area contributed by atoms with Crippen molar-refractivity contribution in [3.63, 3.8) is 0 Å². The number of rotatable bonds is 6. The second-order valence-electron chi connectivity index (χ2n) is 3.89. The molecule has 2 rings (SSSR count). The molecule has 2 aromatic carbocycles. The van der Waals surface area contributed by atoms with Gasteiger partial charge < -0.3 is 19.9 Å². The zero-order valence-corrected chi connectivity index (χ0v) is 10.8. The van der Waals surface area contributed by atoms with Crippen LogP contribution in [0.2, 0.25) is 0 Å². The third-order valence-electron chi connectivity index (χ3n) is 2.59. The minimum Gasteiger partial charge on any atom is -0.493 e. The summed E-state index contributed by atoms with van der Waals surface area (Å²) < 4.78 is 16.3. The van der Waals surface area contributed by atoms with Gasteiger partial charge in [0, 0.05) is 0 Å². The molecule has 0 aliphatic carbocycles. The largest absolute Gasteiger partial charge is 0.493 e. The van der Waals surface area contributed by atoms with Crippen molar-refractivity contribution in [2.45, 2.75) is 0 Å². The molecule has 4 heteroatoms. The van der Waals surface area contributed by atoms with Crippen LogP contribution in [0.5, 0.6) is 17.2 Å². The number of nitrogens with two attached hydrogens (primary N) is 1. The fourth-order valence-corrected chi connectivity index (χ4v) is 1.65. The maximum absolute atomic E-state index is 5.77. The number of methoxy groups -OCH3 is 1. The summed E-state index contributed by atoms with van der Waals surface area (Å²) in [7, 11) is 1.61. The van der Waals surface area contributed by atoms with Crippen LogP contribution in [0, 0.1) is 0 Å². The number of anilines is 1. The average Bonchev–Trinajstić information content (AvgIpc) is 2.45. The Morgan fingerprint density at radius 2 is 1.32 bits per heavy atom. The maximum atomic E-state index is 5.77. The first-order valence-corrected chi connectivity index (χ1v) is 6.04. The Bertz CT molecular complexity index is 528. The number of hydrogen-bond donors (Lipinski definition) is 1. The van der Waals surface area contributed by atoms with Crippen molar-refractivity contribution in [1.82, 2.24) is 0 Å². The molecule has 2 aromatic rings. The van der Waals surface area contributed by atoms with Crippen molar-refractivity contribution in [2.24, 2.45) is 0 Å². The first kappa shape index (κ1) is 13.1. The highest BCUT2D eigenvalue weighted by atomic mass is 16.5. The van der Waals surface area contributed by atoms with Crippen LogP contribution >= 0.6 is 0 Å². The molecule has 0 saturated heterocycles. The van der Waals surface area contributed by atoms with E-state index in [0.717, 1.165) is 0 Å². The van der Waals surface area contributed by atoms with Crippen LogP contribution in [-0.2, 0) is 0 Å². The van der Waals surface area contributed by atoms with Crippen molar-refractivity contribution in [1.29, 1.82) is 0 Å². The molecular formula is C15H17NO3. The highest BCUT2D eigenvalue weighted by molar-refractivity contribution is 5.51. The number of nitrogen functional groups attached to an aromatic ring is 1. The normalized spacial score (nSPS) is 9.95. The van der Waals surface area contributed by atoms with Gasteiger partial charge in [0.1, 0.15) is 19.0 Å². The smallest absolute Gasteiger partial charge is 0.161 e. The lowest BCUT2D eigenvalue weighted by molar-refractivity contribution is 0.212. The first-order chi connectivity index (χ1) is 9.31. The van der Waals surface area contributed by atoms with Crippen molar-refractivity contribution < 1.29 is 14.2 Å². The SMILES string of the molecule is COc1ccccc1OCCOc1ccccc1N. The van der Waals surface area contributed by atoms with E-state index in [1.807, 2.05) is 42.5 Å².